The molecule has 0 unspecified atom stereocenters. The monoisotopic (exact) mass is 732 g/mol. The Morgan fingerprint density at radius 3 is 1.47 bits per heavy atom. The lowest BCUT2D eigenvalue weighted by Crippen LogP contribution is -2.09. The quantitative estimate of drug-likeness (QED) is 0.162. The van der Waals surface area contributed by atoms with Gasteiger partial charge in [-0.2, -0.15) is 0 Å². The van der Waals surface area contributed by atoms with E-state index >= 15 is 0 Å². The van der Waals surface area contributed by atoms with Gasteiger partial charge in [-0.15, -0.1) is 0 Å². The molecule has 0 saturated heterocycles. The number of hydrogen-bond acceptors (Lipinski definition) is 6. The number of rotatable bonds is 7. The van der Waals surface area contributed by atoms with Crippen LogP contribution in [0.5, 0.6) is 0 Å². The van der Waals surface area contributed by atoms with E-state index in [1.54, 1.807) is 0 Å². The minimum Gasteiger partial charge on any atom is -0.456 e. The first-order valence-electron chi connectivity index (χ1n) is 18.9. The molecule has 3 aromatic heterocycles. The minimum absolute atomic E-state index is 0.569. The van der Waals surface area contributed by atoms with Crippen molar-refractivity contribution in [2.75, 3.05) is 4.90 Å². The molecule has 11 aromatic rings. The smallest absolute Gasteiger partial charge is 0.164 e. The van der Waals surface area contributed by atoms with Crippen LogP contribution in [0, 0.1) is 0 Å². The summed E-state index contributed by atoms with van der Waals surface area (Å²) in [5.74, 6) is 1.79. The highest BCUT2D eigenvalue weighted by atomic mass is 16.3. The topological polar surface area (TPSA) is 68.2 Å². The van der Waals surface area contributed by atoms with Gasteiger partial charge in [0, 0.05) is 61.4 Å². The molecule has 268 valence electrons. The highest BCUT2D eigenvalue weighted by molar-refractivity contribution is 6.13. The fourth-order valence-electron chi connectivity index (χ4n) is 7.82. The van der Waals surface area contributed by atoms with Gasteiger partial charge in [-0.05, 0) is 71.8 Å². The fourth-order valence-corrected chi connectivity index (χ4v) is 7.82. The van der Waals surface area contributed by atoms with Gasteiger partial charge in [-0.25, -0.2) is 15.0 Å². The van der Waals surface area contributed by atoms with Crippen LogP contribution in [0.15, 0.2) is 203 Å². The van der Waals surface area contributed by atoms with Crippen molar-refractivity contribution in [3.8, 4) is 45.3 Å². The largest absolute Gasteiger partial charge is 0.456 e. The van der Waals surface area contributed by atoms with Crippen molar-refractivity contribution in [1.82, 2.24) is 15.0 Å². The van der Waals surface area contributed by atoms with E-state index < -0.39 is 0 Å². The lowest BCUT2D eigenvalue weighted by molar-refractivity contribution is 0.668. The molecule has 0 amide bonds. The Hall–Kier alpha value is -7.83. The molecular weight excluding hydrogens is 701 g/mol. The van der Waals surface area contributed by atoms with Crippen molar-refractivity contribution in [3.05, 3.63) is 194 Å². The van der Waals surface area contributed by atoms with E-state index in [1.807, 2.05) is 97.1 Å². The predicted octanol–water partition coefficient (Wildman–Crippen LogP) is 13.8. The Balaban J connectivity index is 1.07. The van der Waals surface area contributed by atoms with Crippen molar-refractivity contribution in [3.63, 3.8) is 0 Å². The number of hydrogen-bond donors (Lipinski definition) is 0. The van der Waals surface area contributed by atoms with Gasteiger partial charge in [0.1, 0.15) is 22.3 Å². The second kappa shape index (κ2) is 13.5. The van der Waals surface area contributed by atoms with Crippen LogP contribution >= 0.6 is 0 Å². The molecule has 0 radical (unpaired) electrons. The molecule has 0 bridgehead atoms. The molecule has 57 heavy (non-hydrogen) atoms. The average Bonchev–Trinajstić information content (AvgIpc) is 3.85. The van der Waals surface area contributed by atoms with Gasteiger partial charge in [-0.1, -0.05) is 127 Å². The van der Waals surface area contributed by atoms with Gasteiger partial charge in [0.15, 0.2) is 17.5 Å². The molecule has 0 N–H and O–H groups in total. The lowest BCUT2D eigenvalue weighted by Gasteiger charge is -2.25. The second-order valence-corrected chi connectivity index (χ2v) is 14.0. The first-order valence-corrected chi connectivity index (χ1v) is 18.9. The van der Waals surface area contributed by atoms with Gasteiger partial charge in [0.2, 0.25) is 0 Å². The summed E-state index contributed by atoms with van der Waals surface area (Å²) >= 11 is 0. The Kier molecular flexibility index (Phi) is 7.71. The predicted molar refractivity (Wildman–Crippen MR) is 231 cm³/mol. The maximum Gasteiger partial charge on any atom is 0.164 e. The standard InChI is InChI=1S/C51H32N4O2/c1-4-14-34(15-5-1)49-52-50(35-16-6-2-7-17-35)54-51(53-49)36-30-43(48-42-21-11-13-23-45(42)57-47(48)31-36)33-24-26-38(27-25-33)55(37-18-8-3-9-19-37)39-28-29-41-40-20-10-12-22-44(40)56-46(41)32-39/h1-32H. The molecule has 6 nitrogen and oxygen atoms in total. The third-order valence-electron chi connectivity index (χ3n) is 10.5. The number of para-hydroxylation sites is 3. The minimum atomic E-state index is 0.569. The highest BCUT2D eigenvalue weighted by Gasteiger charge is 2.20. The molecule has 0 aliphatic carbocycles. The van der Waals surface area contributed by atoms with E-state index in [9.17, 15) is 0 Å². The maximum atomic E-state index is 6.55. The third-order valence-corrected chi connectivity index (χ3v) is 10.5. The van der Waals surface area contributed by atoms with Crippen molar-refractivity contribution in [2.45, 2.75) is 0 Å². The summed E-state index contributed by atoms with van der Waals surface area (Å²) in [5.41, 5.74) is 11.1. The zero-order chi connectivity index (χ0) is 37.7. The van der Waals surface area contributed by atoms with Crippen LogP contribution < -0.4 is 4.90 Å². The Labute approximate surface area is 328 Å². The molecule has 6 heteroatoms. The summed E-state index contributed by atoms with van der Waals surface area (Å²) in [7, 11) is 0. The molecule has 0 atom stereocenters. The number of fused-ring (bicyclic) bond motifs is 6. The molecular formula is C51H32N4O2. The number of benzene rings is 8. The van der Waals surface area contributed by atoms with Crippen LogP contribution in [-0.4, -0.2) is 15.0 Å². The van der Waals surface area contributed by atoms with Crippen LogP contribution in [0.3, 0.4) is 0 Å². The summed E-state index contributed by atoms with van der Waals surface area (Å²) in [5, 5.41) is 4.30. The van der Waals surface area contributed by atoms with Gasteiger partial charge in [0.25, 0.3) is 0 Å². The van der Waals surface area contributed by atoms with Gasteiger partial charge < -0.3 is 13.7 Å². The van der Waals surface area contributed by atoms with E-state index in [1.165, 1.54) is 0 Å². The zero-order valence-electron chi connectivity index (χ0n) is 30.6. The number of furan rings is 2. The summed E-state index contributed by atoms with van der Waals surface area (Å²) in [6.45, 7) is 0. The van der Waals surface area contributed by atoms with Crippen LogP contribution in [0.25, 0.3) is 89.2 Å². The van der Waals surface area contributed by atoms with Crippen molar-refractivity contribution in [2.24, 2.45) is 0 Å². The first-order chi connectivity index (χ1) is 28.2. The van der Waals surface area contributed by atoms with Crippen LogP contribution in [-0.2, 0) is 0 Å². The summed E-state index contributed by atoms with van der Waals surface area (Å²) in [6, 6.07) is 66.3. The molecule has 8 aromatic carbocycles. The molecule has 3 heterocycles. The Morgan fingerprint density at radius 2 is 0.807 bits per heavy atom. The molecule has 0 saturated carbocycles. The number of nitrogens with zero attached hydrogens (tertiary/aromatic N) is 4. The van der Waals surface area contributed by atoms with Gasteiger partial charge >= 0.3 is 0 Å². The molecule has 0 fully saturated rings. The molecule has 0 spiro atoms. The SMILES string of the molecule is c1ccc(-c2nc(-c3ccccc3)nc(-c3cc(-c4ccc(N(c5ccccc5)c5ccc6c(c5)oc5ccccc56)cc4)c4c(c3)oc3ccccc34)n2)cc1. The van der Waals surface area contributed by atoms with E-state index in [-0.39, 0.29) is 0 Å². The summed E-state index contributed by atoms with van der Waals surface area (Å²) < 4.78 is 12.9. The van der Waals surface area contributed by atoms with E-state index in [4.69, 9.17) is 23.8 Å². The fraction of sp³-hybridized carbons (Fsp3) is 0. The van der Waals surface area contributed by atoms with E-state index in [0.29, 0.717) is 17.5 Å². The van der Waals surface area contributed by atoms with Crippen LogP contribution in [0.4, 0.5) is 17.1 Å². The van der Waals surface area contributed by atoms with Gasteiger partial charge in [0.05, 0.1) is 0 Å². The summed E-state index contributed by atoms with van der Waals surface area (Å²) in [6.07, 6.45) is 0. The summed E-state index contributed by atoms with van der Waals surface area (Å²) in [4.78, 5) is 17.3. The zero-order valence-corrected chi connectivity index (χ0v) is 30.6. The molecule has 0 aliphatic rings. The first kappa shape index (κ1) is 32.6. The molecule has 11 rings (SSSR count). The van der Waals surface area contributed by atoms with E-state index in [2.05, 4.69) is 102 Å². The van der Waals surface area contributed by atoms with Crippen molar-refractivity contribution >= 4 is 60.9 Å². The Bertz CT molecular complexity index is 3170. The van der Waals surface area contributed by atoms with Crippen molar-refractivity contribution in [1.29, 1.82) is 0 Å². The average molecular weight is 733 g/mol. The van der Waals surface area contributed by atoms with Gasteiger partial charge in [-0.3, -0.25) is 0 Å². The van der Waals surface area contributed by atoms with Crippen LogP contribution in [0.1, 0.15) is 0 Å². The number of anilines is 3. The second-order valence-electron chi connectivity index (χ2n) is 14.0. The Morgan fingerprint density at radius 1 is 0.316 bits per heavy atom. The van der Waals surface area contributed by atoms with Crippen molar-refractivity contribution < 1.29 is 8.83 Å². The van der Waals surface area contributed by atoms with Crippen LogP contribution in [0.2, 0.25) is 0 Å². The normalized spacial score (nSPS) is 11.5. The van der Waals surface area contributed by atoms with E-state index in [0.717, 1.165) is 88.8 Å². The number of aromatic nitrogens is 3. The maximum absolute atomic E-state index is 6.55. The lowest BCUT2D eigenvalue weighted by atomic mass is 9.96. The third kappa shape index (κ3) is 5.79. The molecule has 0 aliphatic heterocycles. The highest BCUT2D eigenvalue weighted by Crippen LogP contribution is 2.42.